The second-order valence-corrected chi connectivity index (χ2v) is 21.6. The van der Waals surface area contributed by atoms with Crippen LogP contribution in [0.5, 0.6) is 11.5 Å². The zero-order valence-corrected chi connectivity index (χ0v) is 56.1. The van der Waals surface area contributed by atoms with Crippen molar-refractivity contribution in [3.05, 3.63) is 132 Å². The molecule has 1 fully saturated rings. The number of nitrogens with zero attached hydrogens (tertiary/aromatic N) is 10. The molecule has 1 saturated heterocycles. The van der Waals surface area contributed by atoms with Gasteiger partial charge in [0.05, 0.1) is 76.5 Å². The van der Waals surface area contributed by atoms with E-state index in [1.54, 1.807) is 20.4 Å². The fraction of sp³-hybridized carbons (Fsp3) is 0.294. The van der Waals surface area contributed by atoms with Crippen LogP contribution in [0.4, 0.5) is 0 Å². The Morgan fingerprint density at radius 2 is 1.03 bits per heavy atom. The molecule has 0 amide bonds. The predicted molar refractivity (Wildman–Crippen MR) is 368 cm³/mol. The number of rotatable bonds is 10. The number of H-pyrrole nitrogens is 2. The van der Waals surface area contributed by atoms with E-state index in [0.717, 1.165) is 168 Å². The zero-order valence-electron chi connectivity index (χ0n) is 52.6. The maximum Gasteiger partial charge on any atom is 1.00 e. The Morgan fingerprint density at radius 1 is 0.600 bits per heavy atom. The van der Waals surface area contributed by atoms with E-state index in [4.69, 9.17) is 51.7 Å². The number of aromatic nitrogens is 10. The van der Waals surface area contributed by atoms with Crippen LogP contribution in [0.15, 0.2) is 106 Å². The Labute approximate surface area is 583 Å². The number of benzene rings is 4. The van der Waals surface area contributed by atoms with E-state index in [-0.39, 0.29) is 57.7 Å². The molecule has 9 heterocycles. The van der Waals surface area contributed by atoms with Crippen molar-refractivity contribution in [2.45, 2.75) is 77.3 Å². The molecule has 0 atom stereocenters. The number of piperazine rings is 1. The van der Waals surface area contributed by atoms with Crippen LogP contribution in [0, 0.1) is 27.7 Å². The maximum absolute atomic E-state index is 11.7. The van der Waals surface area contributed by atoms with Gasteiger partial charge in [-0.15, -0.1) is 23.2 Å². The molecule has 0 spiro atoms. The average Bonchev–Trinajstić information content (AvgIpc) is 1.63. The molecule has 2 N–H and O–H groups in total. The molecule has 27 heteroatoms. The van der Waals surface area contributed by atoms with Gasteiger partial charge in [-0.1, -0.05) is 69.0 Å². The summed E-state index contributed by atoms with van der Waals surface area (Å²) in [5.41, 5.74) is 13.6. The molecule has 0 saturated carbocycles. The molecular weight excluding hydrogens is 1270 g/mol. The van der Waals surface area contributed by atoms with Crippen molar-refractivity contribution >= 4 is 121 Å². The van der Waals surface area contributed by atoms with Crippen LogP contribution >= 0.6 is 23.2 Å². The van der Waals surface area contributed by atoms with E-state index in [1.165, 1.54) is 6.92 Å². The summed E-state index contributed by atoms with van der Waals surface area (Å²) < 4.78 is 26.2. The summed E-state index contributed by atoms with van der Waals surface area (Å²) in [6, 6.07) is 28.2. The second kappa shape index (κ2) is 35.0. The van der Waals surface area contributed by atoms with E-state index in [0.29, 0.717) is 47.4 Å². The zero-order chi connectivity index (χ0) is 65.0. The third-order valence-corrected chi connectivity index (χ3v) is 15.2. The molecule has 13 rings (SSSR count). The summed E-state index contributed by atoms with van der Waals surface area (Å²) in [5.74, 6) is 3.16. The van der Waals surface area contributed by atoms with Gasteiger partial charge >= 0.3 is 41.5 Å². The minimum Gasteiger partial charge on any atom is -0.793 e. The smallest absolute Gasteiger partial charge is 0.793 e. The van der Waals surface area contributed by atoms with E-state index in [1.807, 2.05) is 94.6 Å². The van der Waals surface area contributed by atoms with Gasteiger partial charge in [-0.05, 0) is 83.3 Å². The molecule has 491 valence electrons. The van der Waals surface area contributed by atoms with E-state index >= 15 is 0 Å². The van der Waals surface area contributed by atoms with Crippen LogP contribution < -0.4 is 39.0 Å². The molecule has 0 unspecified atom stereocenters. The molecule has 8 aromatic heterocycles. The molecule has 4 aromatic carbocycles. The molecular formula is C68H75BCl2N12NaO11. The number of carbonyl (C=O) groups excluding carboxylic acids is 4. The minimum atomic E-state index is -0.639. The number of alkyl halides is 2. The van der Waals surface area contributed by atoms with E-state index in [9.17, 15) is 19.2 Å². The van der Waals surface area contributed by atoms with Crippen molar-refractivity contribution in [2.75, 3.05) is 59.2 Å². The fourth-order valence-corrected chi connectivity index (χ4v) is 10.6. The SMILES string of the molecule is C.C.C.CC(=O)OOC(C)=O.COc1cc2c(cc1-c1c(C)noc1C)[nH]c1nc(C=O)nc(-c3ccnc4ccccc34)c12.COc1cc2c(cc1-c1c(C)noc1C)[nH]c1nc(CN3CCN(C)CC3)nc(-c3ccnc4ccccc34)c12.ClCCCl.[B-]OC(C)=O.[Na+]. The van der Waals surface area contributed by atoms with Crippen molar-refractivity contribution in [1.29, 1.82) is 0 Å². The normalized spacial score (nSPS) is 11.8. The van der Waals surface area contributed by atoms with Gasteiger partial charge in [0.1, 0.15) is 40.1 Å². The molecule has 1 aliphatic heterocycles. The fourth-order valence-electron chi connectivity index (χ4n) is 10.6. The second-order valence-electron chi connectivity index (χ2n) is 20.8. The number of hydrogen-bond donors (Lipinski definition) is 2. The number of hydrogen-bond acceptors (Lipinski definition) is 21. The Morgan fingerprint density at radius 3 is 1.42 bits per heavy atom. The number of aromatic amines is 2. The van der Waals surface area contributed by atoms with Crippen LogP contribution in [0.3, 0.4) is 0 Å². The molecule has 0 bridgehead atoms. The summed E-state index contributed by atoms with van der Waals surface area (Å²) in [5, 5.41) is 13.9. The number of para-hydroxylation sites is 2. The average molecular weight is 1340 g/mol. The quantitative estimate of drug-likeness (QED) is 0.0423. The van der Waals surface area contributed by atoms with Gasteiger partial charge in [0, 0.05) is 126 Å². The van der Waals surface area contributed by atoms with Crippen molar-refractivity contribution < 1.29 is 81.7 Å². The number of aryl methyl sites for hydroxylation is 4. The van der Waals surface area contributed by atoms with Crippen LogP contribution in [-0.2, 0) is 35.4 Å². The number of halogens is 2. The topological polar surface area (TPSA) is 282 Å². The monoisotopic (exact) mass is 1340 g/mol. The number of methoxy groups -OCH3 is 2. The van der Waals surface area contributed by atoms with Crippen molar-refractivity contribution in [3.63, 3.8) is 0 Å². The number of ether oxygens (including phenoxy) is 2. The van der Waals surface area contributed by atoms with Gasteiger partial charge in [-0.2, -0.15) is 0 Å². The van der Waals surface area contributed by atoms with E-state index in [2.05, 4.69) is 104 Å². The van der Waals surface area contributed by atoms with Gasteiger partial charge in [0.2, 0.25) is 5.97 Å². The predicted octanol–water partition coefficient (Wildman–Crippen LogP) is 10.8. The molecule has 1 aliphatic rings. The summed E-state index contributed by atoms with van der Waals surface area (Å²) in [6.45, 7) is 15.9. The Kier molecular flexibility index (Phi) is 28.3. The first-order valence-corrected chi connectivity index (χ1v) is 29.5. The van der Waals surface area contributed by atoms with Crippen LogP contribution in [0.2, 0.25) is 0 Å². The number of nitrogens with one attached hydrogen (secondary N) is 2. The van der Waals surface area contributed by atoms with Crippen molar-refractivity contribution in [1.82, 2.24) is 60.0 Å². The molecule has 3 radical (unpaired) electrons. The van der Waals surface area contributed by atoms with Crippen LogP contribution in [-0.4, -0.2) is 151 Å². The van der Waals surface area contributed by atoms with Crippen molar-refractivity contribution in [2.24, 2.45) is 0 Å². The summed E-state index contributed by atoms with van der Waals surface area (Å²) in [6.07, 6.45) is 4.27. The summed E-state index contributed by atoms with van der Waals surface area (Å²) in [7, 11) is 9.82. The van der Waals surface area contributed by atoms with E-state index < -0.39 is 17.9 Å². The van der Waals surface area contributed by atoms with Gasteiger partial charge < -0.3 is 46.1 Å². The van der Waals surface area contributed by atoms with Gasteiger partial charge in [0.15, 0.2) is 12.1 Å². The van der Waals surface area contributed by atoms with Gasteiger partial charge in [0.25, 0.3) is 0 Å². The first-order valence-electron chi connectivity index (χ1n) is 28.5. The van der Waals surface area contributed by atoms with Gasteiger partial charge in [-0.3, -0.25) is 24.5 Å². The first kappa shape index (κ1) is 76.8. The van der Waals surface area contributed by atoms with Gasteiger partial charge in [-0.25, -0.2) is 39.3 Å². The maximum atomic E-state index is 11.7. The largest absolute Gasteiger partial charge is 1.00 e. The van der Waals surface area contributed by atoms with Crippen molar-refractivity contribution in [3.8, 4) is 56.3 Å². The third kappa shape index (κ3) is 17.5. The standard InChI is InChI=1S/C31H31N7O2.C26H19N5O3.C4H6O4.C2H3BO2.C2H4Cl2.3CH4.Na/c1-18-28(19(2)40-36-18)23-15-25-22(16-26(23)39-4)29-30(21-9-10-32-24-8-6-5-7-20(21)24)34-27(35-31(29)33-25)17-38-13-11-37(3)12-14-38;1-13-23(14(2)34-31-13)18-10-20-17(11-21(18)33-3)24-25(29-22(12-32)30-26(24)28-20)16-8-9-27-19-7-5-4-6-15(16)19;1-3(5)7-8-4(2)6;1-2(4)5-3;3-1-2-4;;;;/h5-10,15-16H,11-14,17H2,1-4H3,(H,33,34,35);4-12H,1-3H3,(H,28,29,30);1-2H3;1H3;1-2H2;3*1H4;/q;;;-1;;;;;+1. The number of pyridine rings is 2. The Hall–Kier alpha value is -8.88. The Balaban J connectivity index is 0.000000270. The number of carbonyl (C=O) groups is 4. The minimum absolute atomic E-state index is 0. The Bertz CT molecular complexity index is 4580. The summed E-state index contributed by atoms with van der Waals surface area (Å²) >= 11 is 10.1. The first-order chi connectivity index (χ1) is 43.9. The van der Waals surface area contributed by atoms with Crippen LogP contribution in [0.25, 0.3) is 110 Å². The number of likely N-dealkylation sites (N-methyl/N-ethyl adjacent to an activating group) is 1. The molecule has 95 heavy (non-hydrogen) atoms. The summed E-state index contributed by atoms with van der Waals surface area (Å²) in [4.78, 5) is 88.7. The number of fused-ring (bicyclic) bond motifs is 8. The molecule has 12 aromatic rings. The number of aldehydes is 1. The molecule has 0 aliphatic carbocycles. The molecule has 23 nitrogen and oxygen atoms in total. The third-order valence-electron chi connectivity index (χ3n) is 14.6. The van der Waals surface area contributed by atoms with Crippen LogP contribution in [0.1, 0.15) is 82.4 Å².